The van der Waals surface area contributed by atoms with Crippen molar-refractivity contribution in [2.75, 3.05) is 13.7 Å². The highest BCUT2D eigenvalue weighted by Crippen LogP contribution is 2.24. The first-order chi connectivity index (χ1) is 7.38. The predicted octanol–water partition coefficient (Wildman–Crippen LogP) is 1.14. The van der Waals surface area contributed by atoms with Crippen molar-refractivity contribution in [3.8, 4) is 0 Å². The van der Waals surface area contributed by atoms with Crippen molar-refractivity contribution in [3.05, 3.63) is 0 Å². The number of carbonyl (C=O) groups excluding carboxylic acids is 1. The molecule has 3 unspecified atom stereocenters. The Labute approximate surface area is 98.1 Å². The van der Waals surface area contributed by atoms with Gasteiger partial charge in [-0.1, -0.05) is 0 Å². The quantitative estimate of drug-likeness (QED) is 0.733. The van der Waals surface area contributed by atoms with Gasteiger partial charge >= 0.3 is 5.97 Å². The van der Waals surface area contributed by atoms with E-state index in [1.165, 1.54) is 20.0 Å². The van der Waals surface area contributed by atoms with E-state index in [1.54, 1.807) is 6.92 Å². The van der Waals surface area contributed by atoms with Crippen molar-refractivity contribution in [1.82, 2.24) is 4.90 Å². The molecule has 94 valence electrons. The van der Waals surface area contributed by atoms with Crippen LogP contribution in [0.4, 0.5) is 0 Å². The number of ether oxygens (including phenoxy) is 1. The van der Waals surface area contributed by atoms with Crippen LogP contribution in [-0.2, 0) is 9.53 Å². The summed E-state index contributed by atoms with van der Waals surface area (Å²) in [7, 11) is 1.39. The van der Waals surface area contributed by atoms with E-state index < -0.39 is 5.54 Å². The van der Waals surface area contributed by atoms with Gasteiger partial charge in [-0.05, 0) is 46.6 Å². The molecule has 0 radical (unpaired) electrons. The maximum Gasteiger partial charge on any atom is 0.325 e. The van der Waals surface area contributed by atoms with E-state index in [4.69, 9.17) is 10.5 Å². The van der Waals surface area contributed by atoms with Gasteiger partial charge in [0.25, 0.3) is 0 Å². The number of carbonyl (C=O) groups is 1. The van der Waals surface area contributed by atoms with Gasteiger partial charge in [0.1, 0.15) is 5.54 Å². The largest absolute Gasteiger partial charge is 0.468 e. The molecule has 0 saturated carbocycles. The van der Waals surface area contributed by atoms with Gasteiger partial charge in [-0.3, -0.25) is 9.69 Å². The molecule has 0 bridgehead atoms. The average Bonchev–Trinajstić information content (AvgIpc) is 2.62. The van der Waals surface area contributed by atoms with Crippen molar-refractivity contribution in [2.24, 2.45) is 5.73 Å². The summed E-state index contributed by atoms with van der Waals surface area (Å²) < 4.78 is 4.72. The van der Waals surface area contributed by atoms with Gasteiger partial charge in [0, 0.05) is 12.1 Å². The molecular formula is C12H24N2O2. The molecule has 4 heteroatoms. The zero-order valence-electron chi connectivity index (χ0n) is 10.8. The molecule has 3 atom stereocenters. The number of esters is 1. The second kappa shape index (κ2) is 5.15. The highest BCUT2D eigenvalue weighted by molar-refractivity contribution is 5.79. The number of hydrogen-bond acceptors (Lipinski definition) is 4. The third-order valence-electron chi connectivity index (χ3n) is 3.54. The lowest BCUT2D eigenvalue weighted by atomic mass is 9.94. The van der Waals surface area contributed by atoms with Gasteiger partial charge in [0.15, 0.2) is 0 Å². The van der Waals surface area contributed by atoms with E-state index in [0.717, 1.165) is 6.54 Å². The number of methoxy groups -OCH3 is 1. The minimum absolute atomic E-state index is 0.326. The summed E-state index contributed by atoms with van der Waals surface area (Å²) >= 11 is 0. The van der Waals surface area contributed by atoms with E-state index in [0.29, 0.717) is 18.5 Å². The van der Waals surface area contributed by atoms with E-state index >= 15 is 0 Å². The molecule has 1 saturated heterocycles. The lowest BCUT2D eigenvalue weighted by Gasteiger charge is -2.33. The number of nitrogens with zero attached hydrogens (tertiary/aromatic N) is 1. The molecule has 1 aliphatic heterocycles. The smallest absolute Gasteiger partial charge is 0.325 e. The van der Waals surface area contributed by atoms with Crippen LogP contribution in [0.25, 0.3) is 0 Å². The summed E-state index contributed by atoms with van der Waals surface area (Å²) in [6.45, 7) is 7.22. The van der Waals surface area contributed by atoms with E-state index in [1.807, 2.05) is 0 Å². The SMILES string of the molecule is COC(=O)C(C)(N)CC(C)N1CCCC1C. The van der Waals surface area contributed by atoms with Crippen molar-refractivity contribution in [3.63, 3.8) is 0 Å². The lowest BCUT2D eigenvalue weighted by molar-refractivity contribution is -0.147. The van der Waals surface area contributed by atoms with Gasteiger partial charge in [0.05, 0.1) is 7.11 Å². The van der Waals surface area contributed by atoms with Gasteiger partial charge in [0.2, 0.25) is 0 Å². The summed E-state index contributed by atoms with van der Waals surface area (Å²) in [5.74, 6) is -0.328. The normalized spacial score (nSPS) is 27.4. The summed E-state index contributed by atoms with van der Waals surface area (Å²) in [6.07, 6.45) is 3.12. The van der Waals surface area contributed by atoms with Crippen molar-refractivity contribution in [2.45, 2.75) is 57.7 Å². The maximum absolute atomic E-state index is 11.5. The molecule has 1 heterocycles. The van der Waals surface area contributed by atoms with E-state index in [9.17, 15) is 4.79 Å². The van der Waals surface area contributed by atoms with Crippen LogP contribution in [-0.4, -0.2) is 42.1 Å². The Kier molecular flexibility index (Phi) is 4.33. The zero-order chi connectivity index (χ0) is 12.3. The van der Waals surface area contributed by atoms with Crippen molar-refractivity contribution in [1.29, 1.82) is 0 Å². The predicted molar refractivity (Wildman–Crippen MR) is 64.1 cm³/mol. The Hall–Kier alpha value is -0.610. The molecule has 4 nitrogen and oxygen atoms in total. The number of hydrogen-bond donors (Lipinski definition) is 1. The highest BCUT2D eigenvalue weighted by atomic mass is 16.5. The van der Waals surface area contributed by atoms with Crippen LogP contribution in [0.1, 0.15) is 40.0 Å². The summed E-state index contributed by atoms with van der Waals surface area (Å²) in [4.78, 5) is 13.9. The molecule has 16 heavy (non-hydrogen) atoms. The van der Waals surface area contributed by atoms with Gasteiger partial charge < -0.3 is 10.5 Å². The first-order valence-electron chi connectivity index (χ1n) is 6.01. The maximum atomic E-state index is 11.5. The Morgan fingerprint density at radius 3 is 2.75 bits per heavy atom. The lowest BCUT2D eigenvalue weighted by Crippen LogP contribution is -2.51. The molecule has 0 aromatic carbocycles. The molecule has 0 amide bonds. The fourth-order valence-electron chi connectivity index (χ4n) is 2.66. The van der Waals surface area contributed by atoms with Crippen molar-refractivity contribution < 1.29 is 9.53 Å². The standard InChI is InChI=1S/C12H24N2O2/c1-9-6-5-7-14(9)10(2)8-12(3,13)11(15)16-4/h9-10H,5-8,13H2,1-4H3. The number of nitrogens with two attached hydrogens (primary N) is 1. The average molecular weight is 228 g/mol. The Balaban J connectivity index is 2.56. The Morgan fingerprint density at radius 2 is 2.31 bits per heavy atom. The van der Waals surface area contributed by atoms with Crippen LogP contribution >= 0.6 is 0 Å². The van der Waals surface area contributed by atoms with Crippen molar-refractivity contribution >= 4 is 5.97 Å². The second-order valence-corrected chi connectivity index (χ2v) is 5.19. The third-order valence-corrected chi connectivity index (χ3v) is 3.54. The van der Waals surface area contributed by atoms with Crippen LogP contribution in [0.5, 0.6) is 0 Å². The topological polar surface area (TPSA) is 55.6 Å². The fourth-order valence-corrected chi connectivity index (χ4v) is 2.66. The van der Waals surface area contributed by atoms with E-state index in [2.05, 4.69) is 18.7 Å². The minimum Gasteiger partial charge on any atom is -0.468 e. The van der Waals surface area contributed by atoms with Crippen LogP contribution in [0.15, 0.2) is 0 Å². The van der Waals surface area contributed by atoms with Crippen LogP contribution in [0, 0.1) is 0 Å². The molecule has 1 fully saturated rings. The van der Waals surface area contributed by atoms with Crippen LogP contribution in [0.2, 0.25) is 0 Å². The first-order valence-corrected chi connectivity index (χ1v) is 6.01. The molecule has 0 aromatic rings. The zero-order valence-corrected chi connectivity index (χ0v) is 10.8. The second-order valence-electron chi connectivity index (χ2n) is 5.19. The van der Waals surface area contributed by atoms with Gasteiger partial charge in [-0.25, -0.2) is 0 Å². The molecule has 0 spiro atoms. The molecule has 1 aliphatic rings. The fraction of sp³-hybridized carbons (Fsp3) is 0.917. The molecular weight excluding hydrogens is 204 g/mol. The van der Waals surface area contributed by atoms with E-state index in [-0.39, 0.29) is 5.97 Å². The first kappa shape index (κ1) is 13.5. The molecule has 2 N–H and O–H groups in total. The molecule has 0 aromatic heterocycles. The van der Waals surface area contributed by atoms with Gasteiger partial charge in [-0.2, -0.15) is 0 Å². The Bertz CT molecular complexity index is 253. The Morgan fingerprint density at radius 1 is 1.69 bits per heavy atom. The number of rotatable bonds is 4. The summed E-state index contributed by atoms with van der Waals surface area (Å²) in [6, 6.07) is 0.926. The number of likely N-dealkylation sites (tertiary alicyclic amines) is 1. The molecule has 0 aliphatic carbocycles. The summed E-state index contributed by atoms with van der Waals surface area (Å²) in [5, 5.41) is 0. The minimum atomic E-state index is -0.878. The highest BCUT2D eigenvalue weighted by Gasteiger charge is 2.35. The van der Waals surface area contributed by atoms with Crippen LogP contribution < -0.4 is 5.73 Å². The molecule has 1 rings (SSSR count). The van der Waals surface area contributed by atoms with Gasteiger partial charge in [-0.15, -0.1) is 0 Å². The monoisotopic (exact) mass is 228 g/mol. The summed E-state index contributed by atoms with van der Waals surface area (Å²) in [5.41, 5.74) is 5.11. The van der Waals surface area contributed by atoms with Crippen LogP contribution in [0.3, 0.4) is 0 Å². The third kappa shape index (κ3) is 2.95.